The number of halogens is 1. The highest BCUT2D eigenvalue weighted by Gasteiger charge is 2.21. The lowest BCUT2D eigenvalue weighted by Gasteiger charge is -2.14. The number of hydrogen-bond acceptors (Lipinski definition) is 5. The minimum absolute atomic E-state index is 0.0576. The Morgan fingerprint density at radius 3 is 2.52 bits per heavy atom. The van der Waals surface area contributed by atoms with Crippen LogP contribution < -0.4 is 4.74 Å². The van der Waals surface area contributed by atoms with Gasteiger partial charge in [-0.25, -0.2) is 14.3 Å². The van der Waals surface area contributed by atoms with Crippen molar-refractivity contribution < 1.29 is 24.2 Å². The van der Waals surface area contributed by atoms with E-state index in [2.05, 4.69) is 5.10 Å². The van der Waals surface area contributed by atoms with Crippen LogP contribution in [0.2, 0.25) is 5.02 Å². The zero-order chi connectivity index (χ0) is 23.4. The molecular formula is C25H19ClN2O5. The average molecular weight is 463 g/mol. The molecule has 33 heavy (non-hydrogen) atoms. The molecule has 3 aromatic carbocycles. The number of aromatic carboxylic acids is 1. The number of benzene rings is 3. The first-order valence-corrected chi connectivity index (χ1v) is 10.3. The molecule has 0 aliphatic carbocycles. The smallest absolute Gasteiger partial charge is 0.358 e. The van der Waals surface area contributed by atoms with E-state index < -0.39 is 11.9 Å². The first kappa shape index (κ1) is 22.1. The topological polar surface area (TPSA) is 90.7 Å². The molecule has 166 valence electrons. The largest absolute Gasteiger partial charge is 0.488 e. The van der Waals surface area contributed by atoms with Gasteiger partial charge in [0.2, 0.25) is 0 Å². The van der Waals surface area contributed by atoms with Gasteiger partial charge in [-0.15, -0.1) is 0 Å². The fraction of sp³-hybridized carbons (Fsp3) is 0.0800. The molecule has 4 rings (SSSR count). The van der Waals surface area contributed by atoms with E-state index in [1.807, 2.05) is 30.3 Å². The van der Waals surface area contributed by atoms with Gasteiger partial charge in [-0.1, -0.05) is 48.0 Å². The molecule has 0 bridgehead atoms. The highest BCUT2D eigenvalue weighted by Crippen LogP contribution is 2.35. The van der Waals surface area contributed by atoms with Crippen LogP contribution >= 0.6 is 11.6 Å². The van der Waals surface area contributed by atoms with Crippen LogP contribution in [0.5, 0.6) is 5.75 Å². The summed E-state index contributed by atoms with van der Waals surface area (Å²) in [5.41, 5.74) is 2.65. The maximum Gasteiger partial charge on any atom is 0.358 e. The summed E-state index contributed by atoms with van der Waals surface area (Å²) in [6, 6.07) is 22.6. The molecule has 1 heterocycles. The maximum atomic E-state index is 12.2. The molecule has 0 fully saturated rings. The van der Waals surface area contributed by atoms with Crippen molar-refractivity contribution in [2.45, 2.75) is 6.61 Å². The third-order valence-corrected chi connectivity index (χ3v) is 5.13. The molecule has 0 unspecified atom stereocenters. The third-order valence-electron chi connectivity index (χ3n) is 4.90. The monoisotopic (exact) mass is 462 g/mol. The van der Waals surface area contributed by atoms with E-state index >= 15 is 0 Å². The second-order valence-corrected chi connectivity index (χ2v) is 7.52. The molecule has 0 aliphatic rings. The highest BCUT2D eigenvalue weighted by atomic mass is 35.5. The average Bonchev–Trinajstić information content (AvgIpc) is 3.29. The van der Waals surface area contributed by atoms with Crippen molar-refractivity contribution in [3.8, 4) is 22.7 Å². The molecule has 0 aliphatic heterocycles. The van der Waals surface area contributed by atoms with E-state index in [-0.39, 0.29) is 11.3 Å². The van der Waals surface area contributed by atoms with Gasteiger partial charge < -0.3 is 14.6 Å². The van der Waals surface area contributed by atoms with Gasteiger partial charge in [-0.3, -0.25) is 0 Å². The summed E-state index contributed by atoms with van der Waals surface area (Å²) < 4.78 is 12.4. The number of esters is 1. The number of carboxylic acid groups (broad SMARTS) is 1. The van der Waals surface area contributed by atoms with Crippen LogP contribution in [0.3, 0.4) is 0 Å². The number of aromatic nitrogens is 2. The van der Waals surface area contributed by atoms with Gasteiger partial charge in [0.1, 0.15) is 12.4 Å². The number of carbonyl (C=O) groups is 2. The third kappa shape index (κ3) is 4.88. The molecule has 0 saturated carbocycles. The van der Waals surface area contributed by atoms with Crippen LogP contribution in [0.15, 0.2) is 78.9 Å². The molecular weight excluding hydrogens is 444 g/mol. The summed E-state index contributed by atoms with van der Waals surface area (Å²) in [5, 5.41) is 14.2. The van der Waals surface area contributed by atoms with Gasteiger partial charge in [0.15, 0.2) is 5.69 Å². The summed E-state index contributed by atoms with van der Waals surface area (Å²) in [6.45, 7) is 0.321. The number of hydrogen-bond donors (Lipinski definition) is 1. The summed E-state index contributed by atoms with van der Waals surface area (Å²) in [4.78, 5) is 23.7. The molecule has 1 N–H and O–H groups in total. The maximum absolute atomic E-state index is 12.2. The zero-order valence-electron chi connectivity index (χ0n) is 17.6. The van der Waals surface area contributed by atoms with Crippen molar-refractivity contribution in [2.75, 3.05) is 7.11 Å². The minimum atomic E-state index is -1.08. The summed E-state index contributed by atoms with van der Waals surface area (Å²) in [7, 11) is 1.26. The second-order valence-electron chi connectivity index (χ2n) is 7.09. The Kier molecular flexibility index (Phi) is 6.42. The molecule has 0 radical (unpaired) electrons. The Morgan fingerprint density at radius 2 is 1.79 bits per heavy atom. The normalized spacial score (nSPS) is 10.6. The lowest BCUT2D eigenvalue weighted by Crippen LogP contribution is -2.06. The Labute approximate surface area is 194 Å². The molecule has 8 heteroatoms. The summed E-state index contributed by atoms with van der Waals surface area (Å²) in [5.74, 6) is -1.18. The van der Waals surface area contributed by atoms with E-state index in [0.29, 0.717) is 34.3 Å². The Hall–Kier alpha value is -4.10. The molecule has 7 nitrogen and oxygen atoms in total. The quantitative estimate of drug-likeness (QED) is 0.377. The van der Waals surface area contributed by atoms with Gasteiger partial charge in [0, 0.05) is 10.6 Å². The van der Waals surface area contributed by atoms with E-state index in [0.717, 1.165) is 5.56 Å². The number of carboxylic acids is 1. The van der Waals surface area contributed by atoms with Gasteiger partial charge in [0.05, 0.1) is 24.1 Å². The first-order valence-electron chi connectivity index (χ1n) is 9.95. The van der Waals surface area contributed by atoms with Gasteiger partial charge in [-0.05, 0) is 48.0 Å². The molecule has 0 atom stereocenters. The van der Waals surface area contributed by atoms with Crippen molar-refractivity contribution in [1.29, 1.82) is 0 Å². The van der Waals surface area contributed by atoms with Crippen molar-refractivity contribution in [1.82, 2.24) is 9.78 Å². The lowest BCUT2D eigenvalue weighted by molar-refractivity contribution is 0.0592. The van der Waals surface area contributed by atoms with E-state index in [4.69, 9.17) is 21.1 Å². The predicted molar refractivity (Wildman–Crippen MR) is 123 cm³/mol. The van der Waals surface area contributed by atoms with Crippen molar-refractivity contribution in [2.24, 2.45) is 0 Å². The van der Waals surface area contributed by atoms with Crippen molar-refractivity contribution >= 4 is 23.5 Å². The molecule has 4 aromatic rings. The Bertz CT molecular complexity index is 1320. The van der Waals surface area contributed by atoms with Crippen molar-refractivity contribution in [3.05, 3.63) is 101 Å². The number of ether oxygens (including phenoxy) is 2. The zero-order valence-corrected chi connectivity index (χ0v) is 18.3. The SMILES string of the molecule is COC(=O)c1cc(-c2cc(Cl)ccc2OCc2ccccc2)n(-c2cccc(C(=O)O)c2)n1. The predicted octanol–water partition coefficient (Wildman–Crippen LogP) is 5.26. The molecule has 1 aromatic heterocycles. The number of carbonyl (C=O) groups excluding carboxylic acids is 1. The fourth-order valence-electron chi connectivity index (χ4n) is 3.31. The van der Waals surface area contributed by atoms with Crippen LogP contribution in [-0.2, 0) is 11.3 Å². The van der Waals surface area contributed by atoms with Crippen molar-refractivity contribution in [3.63, 3.8) is 0 Å². The second kappa shape index (κ2) is 9.58. The number of methoxy groups -OCH3 is 1. The van der Waals surface area contributed by atoms with Gasteiger partial charge in [0.25, 0.3) is 0 Å². The highest BCUT2D eigenvalue weighted by molar-refractivity contribution is 6.31. The minimum Gasteiger partial charge on any atom is -0.488 e. The van der Waals surface area contributed by atoms with Gasteiger partial charge in [-0.2, -0.15) is 5.10 Å². The summed E-state index contributed by atoms with van der Waals surface area (Å²) in [6.07, 6.45) is 0. The van der Waals surface area contributed by atoms with E-state index in [1.165, 1.54) is 23.9 Å². The number of nitrogens with zero attached hydrogens (tertiary/aromatic N) is 2. The Balaban J connectivity index is 1.83. The van der Waals surface area contributed by atoms with E-state index in [9.17, 15) is 14.7 Å². The van der Waals surface area contributed by atoms with E-state index in [1.54, 1.807) is 36.4 Å². The first-order chi connectivity index (χ1) is 16.0. The van der Waals surface area contributed by atoms with Crippen LogP contribution in [0.1, 0.15) is 26.4 Å². The standard InChI is InChI=1S/C25H19ClN2O5/c1-32-25(31)21-14-22(28(27-21)19-9-5-8-17(12-19)24(29)30)20-13-18(26)10-11-23(20)33-15-16-6-3-2-4-7-16/h2-14H,15H2,1H3,(H,29,30). The molecule has 0 amide bonds. The van der Waals surface area contributed by atoms with Crippen LogP contribution in [-0.4, -0.2) is 33.9 Å². The van der Waals surface area contributed by atoms with Gasteiger partial charge >= 0.3 is 11.9 Å². The Morgan fingerprint density at radius 1 is 1.00 bits per heavy atom. The van der Waals surface area contributed by atoms with Crippen LogP contribution in [0.25, 0.3) is 16.9 Å². The summed E-state index contributed by atoms with van der Waals surface area (Å²) >= 11 is 6.29. The lowest BCUT2D eigenvalue weighted by atomic mass is 10.1. The van der Waals surface area contributed by atoms with Crippen LogP contribution in [0.4, 0.5) is 0 Å². The fourth-order valence-corrected chi connectivity index (χ4v) is 3.48. The van der Waals surface area contributed by atoms with Crippen LogP contribution in [0, 0.1) is 0 Å². The number of rotatable bonds is 7. The molecule has 0 saturated heterocycles. The molecule has 0 spiro atoms.